The monoisotopic (exact) mass is 489 g/mol. The molecule has 0 aliphatic heterocycles. The van der Waals surface area contributed by atoms with Gasteiger partial charge in [0, 0.05) is 12.6 Å². The van der Waals surface area contributed by atoms with Gasteiger partial charge in [-0.05, 0) is 80.8 Å². The first-order valence-corrected chi connectivity index (χ1v) is 13.0. The Morgan fingerprint density at radius 1 is 1.26 bits per heavy atom. The molecule has 3 aromatic rings. The molecule has 1 aliphatic carbocycles. The summed E-state index contributed by atoms with van der Waals surface area (Å²) in [6.45, 7) is 1.67. The van der Waals surface area contributed by atoms with Crippen LogP contribution in [0.1, 0.15) is 60.9 Å². The first-order valence-electron chi connectivity index (χ1n) is 11.3. The van der Waals surface area contributed by atoms with E-state index in [0.29, 0.717) is 30.2 Å². The molecule has 4 rings (SSSR count). The molecule has 1 saturated carbocycles. The van der Waals surface area contributed by atoms with Gasteiger partial charge in [0.05, 0.1) is 22.8 Å². The number of sulfonamides is 1. The summed E-state index contributed by atoms with van der Waals surface area (Å²) in [5.41, 5.74) is 1.61. The van der Waals surface area contributed by atoms with Crippen molar-refractivity contribution in [3.8, 4) is 11.3 Å². The van der Waals surface area contributed by atoms with Gasteiger partial charge in [-0.15, -0.1) is 0 Å². The third-order valence-electron chi connectivity index (χ3n) is 5.83. The molecule has 2 aromatic heterocycles. The van der Waals surface area contributed by atoms with E-state index in [0.717, 1.165) is 18.4 Å². The average molecular weight is 490 g/mol. The molecule has 182 valence electrons. The van der Waals surface area contributed by atoms with Gasteiger partial charge in [0.25, 0.3) is 5.91 Å². The van der Waals surface area contributed by atoms with Crippen LogP contribution in [-0.2, 0) is 10.0 Å². The number of fused-ring (bicyclic) bond motifs is 1. The Balaban J connectivity index is 1.73. The number of hydrogen-bond acceptors (Lipinski definition) is 6. The molecule has 8 nitrogen and oxygen atoms in total. The van der Waals surface area contributed by atoms with Crippen molar-refractivity contribution < 1.29 is 27.1 Å². The number of anilines is 1. The lowest BCUT2D eigenvalue weighted by Crippen LogP contribution is -2.19. The minimum atomic E-state index is -3.67. The lowest BCUT2D eigenvalue weighted by molar-refractivity contribution is 0.0964. The van der Waals surface area contributed by atoms with Gasteiger partial charge in [0.2, 0.25) is 15.7 Å². The van der Waals surface area contributed by atoms with Crippen LogP contribution >= 0.6 is 0 Å². The number of hydrogen-bond donors (Lipinski definition) is 3. The lowest BCUT2D eigenvalue weighted by atomic mass is 10.0. The maximum Gasteiger partial charge on any atom is 0.255 e. The molecular weight excluding hydrogens is 461 g/mol. The van der Waals surface area contributed by atoms with Crippen LogP contribution in [0.2, 0.25) is 0 Å². The van der Waals surface area contributed by atoms with Crippen molar-refractivity contribution in [3.63, 3.8) is 0 Å². The number of furan rings is 1. The molecule has 1 amide bonds. The molecule has 2 heterocycles. The van der Waals surface area contributed by atoms with Crippen LogP contribution in [0, 0.1) is 5.82 Å². The number of amides is 1. The molecule has 1 fully saturated rings. The lowest BCUT2D eigenvalue weighted by Gasteiger charge is -2.12. The van der Waals surface area contributed by atoms with E-state index in [1.807, 2.05) is 0 Å². The van der Waals surface area contributed by atoms with Crippen molar-refractivity contribution >= 4 is 32.8 Å². The second kappa shape index (κ2) is 9.71. The third-order valence-corrected chi connectivity index (χ3v) is 7.16. The van der Waals surface area contributed by atoms with Crippen LogP contribution in [0.3, 0.4) is 0 Å². The fraction of sp³-hybridized carbons (Fsp3) is 0.417. The Kier molecular flexibility index (Phi) is 6.90. The molecule has 0 spiro atoms. The summed E-state index contributed by atoms with van der Waals surface area (Å²) in [6, 6.07) is 7.34. The van der Waals surface area contributed by atoms with Crippen molar-refractivity contribution in [2.45, 2.75) is 51.0 Å². The highest BCUT2D eigenvalue weighted by Gasteiger charge is 2.31. The molecule has 1 unspecified atom stereocenters. The van der Waals surface area contributed by atoms with Crippen molar-refractivity contribution in [1.82, 2.24) is 10.3 Å². The number of rotatable bonds is 10. The summed E-state index contributed by atoms with van der Waals surface area (Å²) in [5.74, 6) is -0.304. The summed E-state index contributed by atoms with van der Waals surface area (Å²) in [4.78, 5) is 17.2. The quantitative estimate of drug-likeness (QED) is 0.368. The van der Waals surface area contributed by atoms with Crippen LogP contribution in [-0.4, -0.2) is 43.3 Å². The zero-order valence-electron chi connectivity index (χ0n) is 19.1. The smallest absolute Gasteiger partial charge is 0.255 e. The largest absolute Gasteiger partial charge is 0.437 e. The number of benzene rings is 1. The molecule has 3 N–H and O–H groups in total. The molecule has 0 saturated heterocycles. The number of unbranched alkanes of at least 4 members (excludes halogenated alkanes) is 1. The summed E-state index contributed by atoms with van der Waals surface area (Å²) < 4.78 is 47.4. The van der Waals surface area contributed by atoms with Gasteiger partial charge in [-0.2, -0.15) is 4.98 Å². The number of aliphatic hydroxyl groups is 1. The number of halogens is 1. The predicted octanol–water partition coefficient (Wildman–Crippen LogP) is 4.16. The van der Waals surface area contributed by atoms with Gasteiger partial charge in [-0.3, -0.25) is 9.52 Å². The molecule has 34 heavy (non-hydrogen) atoms. The summed E-state index contributed by atoms with van der Waals surface area (Å²) in [7, 11) is -2.16. The average Bonchev–Trinajstić information content (AvgIpc) is 3.56. The van der Waals surface area contributed by atoms with Crippen molar-refractivity contribution in [1.29, 1.82) is 0 Å². The fourth-order valence-corrected chi connectivity index (χ4v) is 5.06. The highest BCUT2D eigenvalue weighted by Crippen LogP contribution is 2.45. The summed E-state index contributed by atoms with van der Waals surface area (Å²) in [6.07, 6.45) is 2.87. The number of nitrogens with one attached hydrogen (secondary N) is 2. The SMILES string of the molecule is CNC(=O)c1c(-c2ccc(F)cc2)oc2nc(NS(=O)(=O)CCCCC(C)O)c(C3CC3)cc12. The van der Waals surface area contributed by atoms with Gasteiger partial charge < -0.3 is 14.8 Å². The molecule has 10 heteroatoms. The van der Waals surface area contributed by atoms with Gasteiger partial charge in [-0.25, -0.2) is 12.8 Å². The number of carbonyl (C=O) groups is 1. The third kappa shape index (κ3) is 5.39. The molecular formula is C24H28FN3O5S. The minimum Gasteiger partial charge on any atom is -0.437 e. The first kappa shape index (κ1) is 24.2. The van der Waals surface area contributed by atoms with E-state index in [1.165, 1.54) is 31.3 Å². The van der Waals surface area contributed by atoms with E-state index < -0.39 is 21.9 Å². The predicted molar refractivity (Wildman–Crippen MR) is 128 cm³/mol. The van der Waals surface area contributed by atoms with Crippen LogP contribution in [0.25, 0.3) is 22.4 Å². The van der Waals surface area contributed by atoms with Gasteiger partial charge in [-0.1, -0.05) is 0 Å². The van der Waals surface area contributed by atoms with E-state index in [2.05, 4.69) is 15.0 Å². The first-order chi connectivity index (χ1) is 16.2. The van der Waals surface area contributed by atoms with Crippen LogP contribution in [0.4, 0.5) is 10.2 Å². The Labute approximate surface area is 197 Å². The van der Waals surface area contributed by atoms with Crippen molar-refractivity contribution in [2.75, 3.05) is 17.5 Å². The Morgan fingerprint density at radius 2 is 1.97 bits per heavy atom. The van der Waals surface area contributed by atoms with E-state index in [1.54, 1.807) is 13.0 Å². The summed E-state index contributed by atoms with van der Waals surface area (Å²) in [5, 5.41) is 12.4. The van der Waals surface area contributed by atoms with E-state index in [-0.39, 0.29) is 40.4 Å². The van der Waals surface area contributed by atoms with Crippen molar-refractivity contribution in [3.05, 3.63) is 47.3 Å². The maximum absolute atomic E-state index is 13.4. The van der Waals surface area contributed by atoms with Crippen LogP contribution < -0.4 is 10.0 Å². The van der Waals surface area contributed by atoms with Crippen LogP contribution in [0.15, 0.2) is 34.7 Å². The van der Waals surface area contributed by atoms with Crippen LogP contribution in [0.5, 0.6) is 0 Å². The Hall–Kier alpha value is -2.98. The standard InChI is InChI=1S/C24H28FN3O5S/c1-14(29)5-3-4-12-34(31,32)28-22-18(15-6-7-15)13-19-20(23(30)26-2)21(33-24(19)27-22)16-8-10-17(25)11-9-16/h8-11,13-15,29H,3-7,12H2,1-2H3,(H,26,30)(H,27,28). The summed E-state index contributed by atoms with van der Waals surface area (Å²) >= 11 is 0. The highest BCUT2D eigenvalue weighted by molar-refractivity contribution is 7.92. The molecule has 1 atom stereocenters. The number of nitrogens with zero attached hydrogens (tertiary/aromatic N) is 1. The zero-order chi connectivity index (χ0) is 24.5. The van der Waals surface area contributed by atoms with E-state index in [9.17, 15) is 22.7 Å². The second-order valence-electron chi connectivity index (χ2n) is 8.71. The second-order valence-corrected chi connectivity index (χ2v) is 10.6. The van der Waals surface area contributed by atoms with Crippen molar-refractivity contribution in [2.24, 2.45) is 0 Å². The molecule has 1 aromatic carbocycles. The topological polar surface area (TPSA) is 122 Å². The Bertz CT molecular complexity index is 1300. The highest BCUT2D eigenvalue weighted by atomic mass is 32.2. The number of carbonyl (C=O) groups excluding carboxylic acids is 1. The number of aliphatic hydroxyl groups excluding tert-OH is 1. The van der Waals surface area contributed by atoms with E-state index >= 15 is 0 Å². The fourth-order valence-electron chi connectivity index (χ4n) is 3.91. The normalized spacial score (nSPS) is 14.8. The zero-order valence-corrected chi connectivity index (χ0v) is 19.9. The molecule has 0 bridgehead atoms. The number of aromatic nitrogens is 1. The number of pyridine rings is 1. The maximum atomic E-state index is 13.4. The van der Waals surface area contributed by atoms with E-state index in [4.69, 9.17) is 4.42 Å². The molecule has 0 radical (unpaired) electrons. The molecule has 1 aliphatic rings. The van der Waals surface area contributed by atoms with Gasteiger partial charge in [0.15, 0.2) is 0 Å². The van der Waals surface area contributed by atoms with Gasteiger partial charge >= 0.3 is 0 Å². The minimum absolute atomic E-state index is 0.0913. The van der Waals surface area contributed by atoms with Gasteiger partial charge in [0.1, 0.15) is 17.4 Å². The Morgan fingerprint density at radius 3 is 2.59 bits per heavy atom.